The number of phenols is 2. The van der Waals surface area contributed by atoms with Gasteiger partial charge < -0.3 is 15.5 Å². The fourth-order valence-corrected chi connectivity index (χ4v) is 2.35. The van der Waals surface area contributed by atoms with E-state index in [1.165, 1.54) is 18.2 Å². The van der Waals surface area contributed by atoms with Crippen LogP contribution >= 0.6 is 22.6 Å². The van der Waals surface area contributed by atoms with Crippen LogP contribution in [0.3, 0.4) is 0 Å². The number of nitriles is 1. The van der Waals surface area contributed by atoms with Gasteiger partial charge in [-0.15, -0.1) is 0 Å². The fourth-order valence-electron chi connectivity index (χ4n) is 1.86. The number of aromatic hydroxyl groups is 2. The molecule has 0 aliphatic carbocycles. The predicted molar refractivity (Wildman–Crippen MR) is 94.4 cm³/mol. The highest BCUT2D eigenvalue weighted by Gasteiger charge is 2.11. The van der Waals surface area contributed by atoms with Crippen molar-refractivity contribution in [2.24, 2.45) is 0 Å². The minimum absolute atomic E-state index is 0.0627. The van der Waals surface area contributed by atoms with Gasteiger partial charge in [-0.3, -0.25) is 4.79 Å². The number of nitrogens with zero attached hydrogens (tertiary/aromatic N) is 1. The molecule has 0 unspecified atom stereocenters. The summed E-state index contributed by atoms with van der Waals surface area (Å²) < 4.78 is 0.508. The third-order valence-electron chi connectivity index (χ3n) is 3.06. The first-order valence-corrected chi connectivity index (χ1v) is 7.74. The highest BCUT2D eigenvalue weighted by molar-refractivity contribution is 14.1. The van der Waals surface area contributed by atoms with Crippen molar-refractivity contribution in [1.82, 2.24) is 5.32 Å². The van der Waals surface area contributed by atoms with Gasteiger partial charge in [0.15, 0.2) is 0 Å². The summed E-state index contributed by atoms with van der Waals surface area (Å²) in [7, 11) is 0. The van der Waals surface area contributed by atoms with Crippen molar-refractivity contribution in [2.75, 3.05) is 0 Å². The Morgan fingerprint density at radius 3 is 2.57 bits per heavy atom. The Morgan fingerprint density at radius 1 is 1.22 bits per heavy atom. The maximum atomic E-state index is 12.1. The highest BCUT2D eigenvalue weighted by atomic mass is 127. The van der Waals surface area contributed by atoms with E-state index in [2.05, 4.69) is 5.32 Å². The molecule has 0 saturated heterocycles. The van der Waals surface area contributed by atoms with Crippen LogP contribution in [0.1, 0.15) is 11.1 Å². The zero-order chi connectivity index (χ0) is 16.8. The summed E-state index contributed by atoms with van der Waals surface area (Å²) in [5, 5.41) is 31.1. The molecule has 2 aromatic carbocycles. The van der Waals surface area contributed by atoms with Gasteiger partial charge in [-0.1, -0.05) is 30.3 Å². The second-order valence-corrected chi connectivity index (χ2v) is 5.86. The zero-order valence-corrected chi connectivity index (χ0v) is 14.1. The van der Waals surface area contributed by atoms with Gasteiger partial charge in [0.2, 0.25) is 0 Å². The molecular weight excluding hydrogens is 407 g/mol. The van der Waals surface area contributed by atoms with E-state index in [0.717, 1.165) is 5.56 Å². The van der Waals surface area contributed by atoms with Crippen molar-refractivity contribution in [1.29, 1.82) is 5.26 Å². The molecule has 3 N–H and O–H groups in total. The molecule has 0 bridgehead atoms. The fraction of sp³-hybridized carbons (Fsp3) is 0.0588. The molecule has 6 heteroatoms. The van der Waals surface area contributed by atoms with Crippen LogP contribution in [0.15, 0.2) is 48.0 Å². The van der Waals surface area contributed by atoms with Gasteiger partial charge in [0, 0.05) is 18.2 Å². The van der Waals surface area contributed by atoms with Gasteiger partial charge in [0.05, 0.1) is 3.57 Å². The number of nitrogens with one attached hydrogen (secondary N) is 1. The molecule has 0 aliphatic rings. The van der Waals surface area contributed by atoms with Gasteiger partial charge in [-0.05, 0) is 40.3 Å². The summed E-state index contributed by atoms with van der Waals surface area (Å²) >= 11 is 1.89. The largest absolute Gasteiger partial charge is 0.507 e. The number of phenolic OH excluding ortho intramolecular Hbond substituents is 2. The Morgan fingerprint density at radius 2 is 1.91 bits per heavy atom. The van der Waals surface area contributed by atoms with E-state index in [-0.39, 0.29) is 17.1 Å². The van der Waals surface area contributed by atoms with Crippen LogP contribution in [0, 0.1) is 14.9 Å². The molecular formula is C17H13IN2O3. The first kappa shape index (κ1) is 16.8. The molecule has 0 aliphatic heterocycles. The summed E-state index contributed by atoms with van der Waals surface area (Å²) in [4.78, 5) is 12.1. The lowest BCUT2D eigenvalue weighted by Gasteiger charge is -2.06. The third kappa shape index (κ3) is 4.47. The summed E-state index contributed by atoms with van der Waals surface area (Å²) in [5.74, 6) is -0.794. The van der Waals surface area contributed by atoms with Gasteiger partial charge >= 0.3 is 0 Å². The second-order valence-electron chi connectivity index (χ2n) is 4.70. The average Bonchev–Trinajstić information content (AvgIpc) is 2.55. The smallest absolute Gasteiger partial charge is 0.262 e. The van der Waals surface area contributed by atoms with Gasteiger partial charge in [0.1, 0.15) is 23.1 Å². The van der Waals surface area contributed by atoms with Crippen LogP contribution in [-0.2, 0) is 11.3 Å². The summed E-state index contributed by atoms with van der Waals surface area (Å²) in [5.41, 5.74) is 1.08. The molecule has 1 amide bonds. The Labute approximate surface area is 147 Å². The third-order valence-corrected chi connectivity index (χ3v) is 3.92. The average molecular weight is 420 g/mol. The normalized spacial score (nSPS) is 10.9. The van der Waals surface area contributed by atoms with E-state index < -0.39 is 5.91 Å². The number of carbonyl (C=O) groups is 1. The Balaban J connectivity index is 2.17. The number of halogens is 1. The molecule has 0 aromatic heterocycles. The van der Waals surface area contributed by atoms with E-state index in [0.29, 0.717) is 15.7 Å². The molecule has 0 radical (unpaired) electrons. The van der Waals surface area contributed by atoms with Gasteiger partial charge in [0.25, 0.3) is 5.91 Å². The Bertz CT molecular complexity index is 795. The maximum Gasteiger partial charge on any atom is 0.262 e. The molecule has 0 spiro atoms. The van der Waals surface area contributed by atoms with Crippen molar-refractivity contribution >= 4 is 34.6 Å². The van der Waals surface area contributed by atoms with E-state index in [1.54, 1.807) is 0 Å². The molecule has 2 aromatic rings. The standard InChI is InChI=1S/C17H13IN2O3/c18-14-7-12(15(21)8-16(14)22)6-13(9-19)17(23)20-10-11-4-2-1-3-5-11/h1-8,21-22H,10H2,(H,20,23)/b13-6-. The molecule has 0 saturated carbocycles. The van der Waals surface area contributed by atoms with Crippen molar-refractivity contribution in [2.45, 2.75) is 6.54 Å². The topological polar surface area (TPSA) is 93.3 Å². The Hall–Kier alpha value is -2.53. The van der Waals surface area contributed by atoms with Crippen LogP contribution in [0.4, 0.5) is 0 Å². The zero-order valence-electron chi connectivity index (χ0n) is 12.0. The molecule has 0 atom stereocenters. The number of hydrogen-bond acceptors (Lipinski definition) is 4. The minimum Gasteiger partial charge on any atom is -0.507 e. The lowest BCUT2D eigenvalue weighted by Crippen LogP contribution is -2.23. The molecule has 23 heavy (non-hydrogen) atoms. The first-order valence-electron chi connectivity index (χ1n) is 6.66. The van der Waals surface area contributed by atoms with Crippen LogP contribution in [0.2, 0.25) is 0 Å². The molecule has 0 fully saturated rings. The highest BCUT2D eigenvalue weighted by Crippen LogP contribution is 2.29. The molecule has 0 heterocycles. The van der Waals surface area contributed by atoms with Gasteiger partial charge in [-0.25, -0.2) is 0 Å². The number of hydrogen-bond donors (Lipinski definition) is 3. The molecule has 116 valence electrons. The quantitative estimate of drug-likeness (QED) is 0.403. The van der Waals surface area contributed by atoms with E-state index in [9.17, 15) is 15.0 Å². The second kappa shape index (κ2) is 7.65. The first-order chi connectivity index (χ1) is 11.0. The molecule has 5 nitrogen and oxygen atoms in total. The van der Waals surface area contributed by atoms with Crippen LogP contribution < -0.4 is 5.32 Å². The van der Waals surface area contributed by atoms with E-state index in [1.807, 2.05) is 59.0 Å². The monoisotopic (exact) mass is 420 g/mol. The number of benzene rings is 2. The van der Waals surface area contributed by atoms with Crippen molar-refractivity contribution in [3.63, 3.8) is 0 Å². The number of rotatable bonds is 4. The van der Waals surface area contributed by atoms with Crippen molar-refractivity contribution in [3.8, 4) is 17.6 Å². The number of amides is 1. The summed E-state index contributed by atoms with van der Waals surface area (Å²) in [6.07, 6.45) is 1.29. The predicted octanol–water partition coefficient (Wildman–Crippen LogP) is 2.93. The summed E-state index contributed by atoms with van der Waals surface area (Å²) in [6, 6.07) is 13.8. The lowest BCUT2D eigenvalue weighted by atomic mass is 10.1. The molecule has 2 rings (SSSR count). The van der Waals surface area contributed by atoms with Crippen molar-refractivity contribution in [3.05, 3.63) is 62.7 Å². The maximum absolute atomic E-state index is 12.1. The van der Waals surface area contributed by atoms with Crippen LogP contribution in [-0.4, -0.2) is 16.1 Å². The minimum atomic E-state index is -0.529. The lowest BCUT2D eigenvalue weighted by molar-refractivity contribution is -0.117. The number of carbonyl (C=O) groups excluding carboxylic acids is 1. The SMILES string of the molecule is N#C/C(=C/c1cc(I)c(O)cc1O)C(=O)NCc1ccccc1. The Kier molecular flexibility index (Phi) is 5.60. The van der Waals surface area contributed by atoms with Gasteiger partial charge in [-0.2, -0.15) is 5.26 Å². The van der Waals surface area contributed by atoms with Crippen LogP contribution in [0.5, 0.6) is 11.5 Å². The van der Waals surface area contributed by atoms with Crippen LogP contribution in [0.25, 0.3) is 6.08 Å². The van der Waals surface area contributed by atoms with E-state index >= 15 is 0 Å². The van der Waals surface area contributed by atoms with Crippen molar-refractivity contribution < 1.29 is 15.0 Å². The van der Waals surface area contributed by atoms with E-state index in [4.69, 9.17) is 5.26 Å². The summed E-state index contributed by atoms with van der Waals surface area (Å²) in [6.45, 7) is 0.303.